The number of nitrogens with one attached hydrogen (secondary N) is 1. The second-order valence-corrected chi connectivity index (χ2v) is 5.27. The molecule has 4 heteroatoms. The second-order valence-electron chi connectivity index (χ2n) is 5.27. The normalized spacial score (nSPS) is 14.4. The number of hydrogen-bond donors (Lipinski definition) is 2. The van der Waals surface area contributed by atoms with Gasteiger partial charge in [-0.2, -0.15) is 0 Å². The quantitative estimate of drug-likeness (QED) is 0.796. The van der Waals surface area contributed by atoms with Crippen molar-refractivity contribution in [1.29, 1.82) is 0 Å². The minimum Gasteiger partial charge on any atom is -0.481 e. The van der Waals surface area contributed by atoms with Crippen LogP contribution in [0.1, 0.15) is 45.2 Å². The van der Waals surface area contributed by atoms with Crippen molar-refractivity contribution in [1.82, 2.24) is 5.32 Å². The Morgan fingerprint density at radius 1 is 1.26 bits per heavy atom. The molecule has 0 aromatic heterocycles. The minimum absolute atomic E-state index is 0.101. The van der Waals surface area contributed by atoms with Crippen molar-refractivity contribution in [2.75, 3.05) is 0 Å². The molecule has 0 amide bonds. The summed E-state index contributed by atoms with van der Waals surface area (Å²) in [4.78, 5) is 10.6. The van der Waals surface area contributed by atoms with Gasteiger partial charge in [-0.3, -0.25) is 4.79 Å². The van der Waals surface area contributed by atoms with E-state index < -0.39 is 5.97 Å². The molecule has 2 N–H and O–H groups in total. The molecular weight excluding hydrogens is 245 g/mol. The maximum atomic E-state index is 12.9. The summed E-state index contributed by atoms with van der Waals surface area (Å²) in [6.07, 6.45) is 0.738. The highest BCUT2D eigenvalue weighted by atomic mass is 19.1. The van der Waals surface area contributed by atoms with Crippen LogP contribution in [0.5, 0.6) is 0 Å². The first kappa shape index (κ1) is 15.6. The Balaban J connectivity index is 2.67. The summed E-state index contributed by atoms with van der Waals surface area (Å²) in [5, 5.41) is 12.1. The molecule has 0 aliphatic heterocycles. The standard InChI is InChI=1S/C15H22FNO2/c1-10(2)15(12-5-7-13(16)8-6-12)17-11(3)4-9-14(18)19/h5-8,10-11,15,17H,4,9H2,1-3H3,(H,18,19). The van der Waals surface area contributed by atoms with E-state index in [9.17, 15) is 9.18 Å². The molecule has 0 radical (unpaired) electrons. The summed E-state index contributed by atoms with van der Waals surface area (Å²) in [5.74, 6) is -0.681. The lowest BCUT2D eigenvalue weighted by Gasteiger charge is -2.27. The van der Waals surface area contributed by atoms with Crippen LogP contribution in [0.4, 0.5) is 4.39 Å². The van der Waals surface area contributed by atoms with Crippen LogP contribution in [0.3, 0.4) is 0 Å². The molecular formula is C15H22FNO2. The number of carbonyl (C=O) groups is 1. The molecule has 0 fully saturated rings. The molecule has 2 unspecified atom stereocenters. The van der Waals surface area contributed by atoms with E-state index in [1.54, 1.807) is 12.1 Å². The highest BCUT2D eigenvalue weighted by Crippen LogP contribution is 2.23. The van der Waals surface area contributed by atoms with Gasteiger partial charge >= 0.3 is 5.97 Å². The molecule has 1 aromatic carbocycles. The molecule has 0 saturated heterocycles. The van der Waals surface area contributed by atoms with E-state index in [-0.39, 0.29) is 24.3 Å². The van der Waals surface area contributed by atoms with Crippen LogP contribution in [-0.4, -0.2) is 17.1 Å². The van der Waals surface area contributed by atoms with E-state index >= 15 is 0 Å². The number of hydrogen-bond acceptors (Lipinski definition) is 2. The molecule has 0 saturated carbocycles. The molecule has 0 aliphatic rings. The largest absolute Gasteiger partial charge is 0.481 e. The van der Waals surface area contributed by atoms with Gasteiger partial charge in [0.05, 0.1) is 0 Å². The lowest BCUT2D eigenvalue weighted by molar-refractivity contribution is -0.137. The van der Waals surface area contributed by atoms with Gasteiger partial charge in [0.2, 0.25) is 0 Å². The van der Waals surface area contributed by atoms with Crippen molar-refractivity contribution in [2.24, 2.45) is 5.92 Å². The van der Waals surface area contributed by atoms with E-state index in [1.807, 2.05) is 6.92 Å². The van der Waals surface area contributed by atoms with E-state index in [1.165, 1.54) is 12.1 Å². The van der Waals surface area contributed by atoms with Crippen molar-refractivity contribution in [3.05, 3.63) is 35.6 Å². The maximum Gasteiger partial charge on any atom is 0.303 e. The van der Waals surface area contributed by atoms with Crippen molar-refractivity contribution in [3.63, 3.8) is 0 Å². The van der Waals surface area contributed by atoms with Gasteiger partial charge in [-0.15, -0.1) is 0 Å². The summed E-state index contributed by atoms with van der Waals surface area (Å²) in [7, 11) is 0. The molecule has 0 bridgehead atoms. The zero-order valence-corrected chi connectivity index (χ0v) is 11.7. The molecule has 0 heterocycles. The Hall–Kier alpha value is -1.42. The predicted octanol–water partition coefficient (Wildman–Crippen LogP) is 3.37. The third kappa shape index (κ3) is 5.39. The fourth-order valence-electron chi connectivity index (χ4n) is 2.07. The van der Waals surface area contributed by atoms with Crippen LogP contribution in [0.2, 0.25) is 0 Å². The Morgan fingerprint density at radius 3 is 2.32 bits per heavy atom. The van der Waals surface area contributed by atoms with Gasteiger partial charge in [-0.05, 0) is 37.0 Å². The molecule has 1 rings (SSSR count). The molecule has 106 valence electrons. The Kier molecular flexibility index (Phi) is 5.96. The summed E-state index contributed by atoms with van der Waals surface area (Å²) in [6, 6.07) is 6.66. The highest BCUT2D eigenvalue weighted by Gasteiger charge is 2.18. The fraction of sp³-hybridized carbons (Fsp3) is 0.533. The molecule has 0 aliphatic carbocycles. The molecule has 1 aromatic rings. The predicted molar refractivity (Wildman–Crippen MR) is 73.4 cm³/mol. The monoisotopic (exact) mass is 267 g/mol. The average molecular weight is 267 g/mol. The molecule has 2 atom stereocenters. The third-order valence-corrected chi connectivity index (χ3v) is 3.15. The number of benzene rings is 1. The molecule has 3 nitrogen and oxygen atoms in total. The zero-order valence-electron chi connectivity index (χ0n) is 11.7. The Bertz CT molecular complexity index is 403. The highest BCUT2D eigenvalue weighted by molar-refractivity contribution is 5.66. The van der Waals surface area contributed by atoms with Crippen molar-refractivity contribution in [3.8, 4) is 0 Å². The Morgan fingerprint density at radius 2 is 1.84 bits per heavy atom. The number of halogens is 1. The van der Waals surface area contributed by atoms with Crippen LogP contribution in [0.15, 0.2) is 24.3 Å². The molecule has 19 heavy (non-hydrogen) atoms. The first-order valence-electron chi connectivity index (χ1n) is 6.63. The summed E-state index contributed by atoms with van der Waals surface area (Å²) in [5.41, 5.74) is 1.03. The summed E-state index contributed by atoms with van der Waals surface area (Å²) in [6.45, 7) is 6.15. The van der Waals surface area contributed by atoms with Gasteiger partial charge in [-0.25, -0.2) is 4.39 Å². The van der Waals surface area contributed by atoms with Crippen molar-refractivity contribution in [2.45, 2.75) is 45.7 Å². The second kappa shape index (κ2) is 7.24. The summed E-state index contributed by atoms with van der Waals surface area (Å²) >= 11 is 0. The van der Waals surface area contributed by atoms with Crippen molar-refractivity contribution < 1.29 is 14.3 Å². The van der Waals surface area contributed by atoms with Crippen LogP contribution in [0.25, 0.3) is 0 Å². The van der Waals surface area contributed by atoms with Gasteiger partial charge in [0.15, 0.2) is 0 Å². The van der Waals surface area contributed by atoms with E-state index in [0.717, 1.165) is 5.56 Å². The van der Waals surface area contributed by atoms with Crippen LogP contribution in [-0.2, 0) is 4.79 Å². The fourth-order valence-corrected chi connectivity index (χ4v) is 2.07. The van der Waals surface area contributed by atoms with Gasteiger partial charge in [0.1, 0.15) is 5.82 Å². The van der Waals surface area contributed by atoms with Crippen LogP contribution in [0, 0.1) is 11.7 Å². The Labute approximate surface area is 113 Å². The zero-order chi connectivity index (χ0) is 14.4. The van der Waals surface area contributed by atoms with E-state index in [4.69, 9.17) is 5.11 Å². The van der Waals surface area contributed by atoms with Gasteiger partial charge < -0.3 is 10.4 Å². The lowest BCUT2D eigenvalue weighted by atomic mass is 9.95. The van der Waals surface area contributed by atoms with Crippen LogP contribution < -0.4 is 5.32 Å². The summed E-state index contributed by atoms with van der Waals surface area (Å²) < 4.78 is 12.9. The number of carboxylic acids is 1. The minimum atomic E-state index is -0.781. The third-order valence-electron chi connectivity index (χ3n) is 3.15. The lowest BCUT2D eigenvalue weighted by Crippen LogP contribution is -2.33. The van der Waals surface area contributed by atoms with Crippen LogP contribution >= 0.6 is 0 Å². The van der Waals surface area contributed by atoms with Crippen molar-refractivity contribution >= 4 is 5.97 Å². The van der Waals surface area contributed by atoms with Gasteiger partial charge in [0.25, 0.3) is 0 Å². The topological polar surface area (TPSA) is 49.3 Å². The number of rotatable bonds is 7. The number of carboxylic acid groups (broad SMARTS) is 1. The average Bonchev–Trinajstić information content (AvgIpc) is 2.34. The SMILES string of the molecule is CC(CCC(=O)O)NC(c1ccc(F)cc1)C(C)C. The van der Waals surface area contributed by atoms with E-state index in [0.29, 0.717) is 12.3 Å². The molecule has 0 spiro atoms. The first-order valence-corrected chi connectivity index (χ1v) is 6.63. The smallest absolute Gasteiger partial charge is 0.303 e. The maximum absolute atomic E-state index is 12.9. The van der Waals surface area contributed by atoms with E-state index in [2.05, 4.69) is 19.2 Å². The van der Waals surface area contributed by atoms with Gasteiger partial charge in [0, 0.05) is 18.5 Å². The van der Waals surface area contributed by atoms with Gasteiger partial charge in [-0.1, -0.05) is 26.0 Å². The first-order chi connectivity index (χ1) is 8.90. The number of aliphatic carboxylic acids is 1.